The van der Waals surface area contributed by atoms with E-state index < -0.39 is 6.10 Å². The van der Waals surface area contributed by atoms with E-state index in [0.717, 1.165) is 5.69 Å². The first-order valence-electron chi connectivity index (χ1n) is 7.60. The van der Waals surface area contributed by atoms with E-state index in [1.165, 1.54) is 6.92 Å². The molecule has 124 valence electrons. The first kappa shape index (κ1) is 18.5. The standard InChI is InChI=1S/C17H28N2O3/c1-12(17(3,4)5)18-10-15(21)11-22-16-8-6-14(7-9-16)19-13(2)20/h6-9,12,15,18,21H,10-11H2,1-5H3,(H,19,20). The van der Waals surface area contributed by atoms with Gasteiger partial charge >= 0.3 is 0 Å². The second-order valence-corrected chi connectivity index (χ2v) is 6.67. The van der Waals surface area contributed by atoms with Crippen molar-refractivity contribution in [1.29, 1.82) is 0 Å². The Bertz CT molecular complexity index is 466. The van der Waals surface area contributed by atoms with E-state index in [0.29, 0.717) is 18.3 Å². The molecule has 2 atom stereocenters. The lowest BCUT2D eigenvalue weighted by molar-refractivity contribution is -0.114. The molecule has 5 nitrogen and oxygen atoms in total. The van der Waals surface area contributed by atoms with Gasteiger partial charge in [-0.05, 0) is 36.6 Å². The van der Waals surface area contributed by atoms with Gasteiger partial charge in [0.05, 0.1) is 0 Å². The highest BCUT2D eigenvalue weighted by Gasteiger charge is 2.20. The summed E-state index contributed by atoms with van der Waals surface area (Å²) in [6.45, 7) is 10.8. The van der Waals surface area contributed by atoms with Gasteiger partial charge in [0.15, 0.2) is 0 Å². The Kier molecular flexibility index (Phi) is 6.84. The van der Waals surface area contributed by atoms with E-state index in [-0.39, 0.29) is 17.9 Å². The largest absolute Gasteiger partial charge is 0.491 e. The molecule has 1 rings (SSSR count). The molecule has 0 spiro atoms. The average molecular weight is 308 g/mol. The number of nitrogens with one attached hydrogen (secondary N) is 2. The Balaban J connectivity index is 2.34. The highest BCUT2D eigenvalue weighted by Crippen LogP contribution is 2.18. The average Bonchev–Trinajstić information content (AvgIpc) is 2.42. The van der Waals surface area contributed by atoms with Crippen LogP contribution in [-0.4, -0.2) is 36.3 Å². The van der Waals surface area contributed by atoms with Crippen LogP contribution in [0.2, 0.25) is 0 Å². The number of benzene rings is 1. The predicted molar refractivity (Wildman–Crippen MR) is 89.2 cm³/mol. The summed E-state index contributed by atoms with van der Waals surface area (Å²) in [5.41, 5.74) is 0.876. The molecular weight excluding hydrogens is 280 g/mol. The molecule has 1 aromatic rings. The summed E-state index contributed by atoms with van der Waals surface area (Å²) in [6, 6.07) is 7.37. The Labute approximate surface area is 133 Å². The normalized spacial score (nSPS) is 14.3. The van der Waals surface area contributed by atoms with Crippen LogP contribution in [-0.2, 0) is 4.79 Å². The van der Waals surface area contributed by atoms with Gasteiger partial charge in [0.25, 0.3) is 0 Å². The van der Waals surface area contributed by atoms with Crippen LogP contribution in [0.4, 0.5) is 5.69 Å². The number of ether oxygens (including phenoxy) is 1. The first-order valence-corrected chi connectivity index (χ1v) is 7.60. The maximum absolute atomic E-state index is 10.9. The van der Waals surface area contributed by atoms with Crippen molar-refractivity contribution in [3.05, 3.63) is 24.3 Å². The van der Waals surface area contributed by atoms with E-state index in [2.05, 4.69) is 38.3 Å². The van der Waals surface area contributed by atoms with E-state index in [1.807, 2.05) is 0 Å². The molecule has 0 bridgehead atoms. The lowest BCUT2D eigenvalue weighted by Crippen LogP contribution is -2.42. The summed E-state index contributed by atoms with van der Waals surface area (Å²) >= 11 is 0. The summed E-state index contributed by atoms with van der Waals surface area (Å²) < 4.78 is 5.54. The third kappa shape index (κ3) is 6.91. The minimum absolute atomic E-state index is 0.108. The number of aliphatic hydroxyl groups excluding tert-OH is 1. The van der Waals surface area contributed by atoms with Gasteiger partial charge in [0.2, 0.25) is 5.91 Å². The minimum Gasteiger partial charge on any atom is -0.491 e. The van der Waals surface area contributed by atoms with Crippen molar-refractivity contribution < 1.29 is 14.6 Å². The van der Waals surface area contributed by atoms with Crippen LogP contribution in [0.25, 0.3) is 0 Å². The van der Waals surface area contributed by atoms with Crippen LogP contribution in [0.15, 0.2) is 24.3 Å². The number of amides is 1. The molecule has 0 aromatic heterocycles. The molecule has 0 saturated heterocycles. The van der Waals surface area contributed by atoms with E-state index in [1.54, 1.807) is 24.3 Å². The molecule has 5 heteroatoms. The molecule has 0 saturated carbocycles. The van der Waals surface area contributed by atoms with Crippen molar-refractivity contribution in [3.63, 3.8) is 0 Å². The Morgan fingerprint density at radius 1 is 1.27 bits per heavy atom. The van der Waals surface area contributed by atoms with Crippen molar-refractivity contribution in [2.24, 2.45) is 5.41 Å². The number of rotatable bonds is 7. The molecular formula is C17H28N2O3. The van der Waals surface area contributed by atoms with Crippen LogP contribution < -0.4 is 15.4 Å². The van der Waals surface area contributed by atoms with E-state index in [4.69, 9.17) is 4.74 Å². The molecule has 1 amide bonds. The van der Waals surface area contributed by atoms with Crippen LogP contribution in [0.5, 0.6) is 5.75 Å². The predicted octanol–water partition coefficient (Wildman–Crippen LogP) is 2.41. The highest BCUT2D eigenvalue weighted by molar-refractivity contribution is 5.88. The molecule has 22 heavy (non-hydrogen) atoms. The number of carbonyl (C=O) groups is 1. The summed E-state index contributed by atoms with van der Waals surface area (Å²) in [5.74, 6) is 0.556. The van der Waals surface area contributed by atoms with Crippen molar-refractivity contribution >= 4 is 11.6 Å². The van der Waals surface area contributed by atoms with Crippen molar-refractivity contribution in [1.82, 2.24) is 5.32 Å². The van der Waals surface area contributed by atoms with E-state index >= 15 is 0 Å². The lowest BCUT2D eigenvalue weighted by Gasteiger charge is -2.29. The summed E-state index contributed by atoms with van der Waals surface area (Å²) in [6.07, 6.45) is -0.570. The Hall–Kier alpha value is -1.59. The zero-order valence-electron chi connectivity index (χ0n) is 14.1. The third-order valence-corrected chi connectivity index (χ3v) is 3.58. The summed E-state index contributed by atoms with van der Waals surface area (Å²) in [7, 11) is 0. The van der Waals surface area contributed by atoms with Crippen LogP contribution in [0.1, 0.15) is 34.6 Å². The van der Waals surface area contributed by atoms with Gasteiger partial charge in [0, 0.05) is 25.2 Å². The first-order chi connectivity index (χ1) is 10.2. The SMILES string of the molecule is CC(=O)Nc1ccc(OCC(O)CNC(C)C(C)(C)C)cc1. The van der Waals surface area contributed by atoms with Gasteiger partial charge in [-0.25, -0.2) is 0 Å². The van der Waals surface area contributed by atoms with Crippen LogP contribution in [0.3, 0.4) is 0 Å². The number of hydrogen-bond acceptors (Lipinski definition) is 4. The molecule has 0 aliphatic heterocycles. The summed E-state index contributed by atoms with van der Waals surface area (Å²) in [5, 5.41) is 16.0. The Morgan fingerprint density at radius 2 is 1.86 bits per heavy atom. The topological polar surface area (TPSA) is 70.6 Å². The number of carbonyl (C=O) groups excluding carboxylic acids is 1. The van der Waals surface area contributed by atoms with Gasteiger partial charge in [-0.2, -0.15) is 0 Å². The molecule has 0 radical (unpaired) electrons. The maximum Gasteiger partial charge on any atom is 0.221 e. The lowest BCUT2D eigenvalue weighted by atomic mass is 9.88. The van der Waals surface area contributed by atoms with Crippen molar-refractivity contribution in [2.45, 2.75) is 46.8 Å². The highest BCUT2D eigenvalue weighted by atomic mass is 16.5. The van der Waals surface area contributed by atoms with Crippen LogP contribution in [0, 0.1) is 5.41 Å². The quantitative estimate of drug-likeness (QED) is 0.723. The Morgan fingerprint density at radius 3 is 2.36 bits per heavy atom. The molecule has 0 aliphatic rings. The monoisotopic (exact) mass is 308 g/mol. The fraction of sp³-hybridized carbons (Fsp3) is 0.588. The second kappa shape index (κ2) is 8.15. The van der Waals surface area contributed by atoms with Crippen molar-refractivity contribution in [2.75, 3.05) is 18.5 Å². The smallest absolute Gasteiger partial charge is 0.221 e. The summed E-state index contributed by atoms with van der Waals surface area (Å²) in [4.78, 5) is 10.9. The molecule has 3 N–H and O–H groups in total. The number of hydrogen-bond donors (Lipinski definition) is 3. The number of aliphatic hydroxyl groups is 1. The van der Waals surface area contributed by atoms with Gasteiger partial charge in [-0.3, -0.25) is 4.79 Å². The van der Waals surface area contributed by atoms with Gasteiger partial charge < -0.3 is 20.5 Å². The fourth-order valence-electron chi connectivity index (χ4n) is 1.71. The maximum atomic E-state index is 10.9. The molecule has 1 aromatic carbocycles. The molecule has 0 heterocycles. The van der Waals surface area contributed by atoms with Crippen molar-refractivity contribution in [3.8, 4) is 5.75 Å². The minimum atomic E-state index is -0.570. The molecule has 0 fully saturated rings. The van der Waals surface area contributed by atoms with Crippen LogP contribution >= 0.6 is 0 Å². The van der Waals surface area contributed by atoms with Gasteiger partial charge in [0.1, 0.15) is 18.5 Å². The zero-order chi connectivity index (χ0) is 16.8. The van der Waals surface area contributed by atoms with Gasteiger partial charge in [-0.1, -0.05) is 20.8 Å². The van der Waals surface area contributed by atoms with E-state index in [9.17, 15) is 9.90 Å². The molecule has 0 aliphatic carbocycles. The third-order valence-electron chi connectivity index (χ3n) is 3.58. The zero-order valence-corrected chi connectivity index (χ0v) is 14.1. The number of anilines is 1. The van der Waals surface area contributed by atoms with Gasteiger partial charge in [-0.15, -0.1) is 0 Å². The molecule has 2 unspecified atom stereocenters. The second-order valence-electron chi connectivity index (χ2n) is 6.67. The fourth-order valence-corrected chi connectivity index (χ4v) is 1.71.